The lowest BCUT2D eigenvalue weighted by Crippen LogP contribution is -2.17. The minimum atomic E-state index is -0.927. The van der Waals surface area contributed by atoms with E-state index in [4.69, 9.17) is 10.5 Å². The molecule has 2 aromatic carbocycles. The predicted molar refractivity (Wildman–Crippen MR) is 94.9 cm³/mol. The maximum atomic E-state index is 13.0. The number of carbonyl (C=O) groups is 1. The van der Waals surface area contributed by atoms with E-state index in [2.05, 4.69) is 20.0 Å². The highest BCUT2D eigenvalue weighted by atomic mass is 19.1. The normalized spacial score (nSPS) is 11.8. The van der Waals surface area contributed by atoms with Gasteiger partial charge in [0.1, 0.15) is 11.6 Å². The molecular formula is C18H17FN4O3. The number of aromatic nitrogens is 2. The number of hydrogen-bond acceptors (Lipinski definition) is 5. The molecule has 0 aliphatic carbocycles. The van der Waals surface area contributed by atoms with Crippen molar-refractivity contribution in [1.82, 2.24) is 9.97 Å². The fourth-order valence-electron chi connectivity index (χ4n) is 2.27. The van der Waals surface area contributed by atoms with Crippen molar-refractivity contribution in [2.24, 2.45) is 10.9 Å². The van der Waals surface area contributed by atoms with Crippen molar-refractivity contribution in [2.75, 3.05) is 0 Å². The predicted octanol–water partition coefficient (Wildman–Crippen LogP) is 3.55. The van der Waals surface area contributed by atoms with Crippen LogP contribution in [0, 0.1) is 5.82 Å². The minimum absolute atomic E-state index is 0.0190. The third-order valence-corrected chi connectivity index (χ3v) is 3.45. The summed E-state index contributed by atoms with van der Waals surface area (Å²) in [6.45, 7) is 3.39. The van der Waals surface area contributed by atoms with Gasteiger partial charge in [0.2, 0.25) is 0 Å². The lowest BCUT2D eigenvalue weighted by molar-refractivity contribution is 0.0362. The lowest BCUT2D eigenvalue weighted by atomic mass is 10.2. The molecule has 0 spiro atoms. The number of oxime groups is 1. The molecule has 7 nitrogen and oxygen atoms in total. The quantitative estimate of drug-likeness (QED) is 0.245. The number of amidine groups is 1. The van der Waals surface area contributed by atoms with Crippen LogP contribution < -0.4 is 5.73 Å². The van der Waals surface area contributed by atoms with Crippen LogP contribution in [0.15, 0.2) is 47.6 Å². The average molecular weight is 356 g/mol. The van der Waals surface area contributed by atoms with Crippen LogP contribution in [0.5, 0.6) is 0 Å². The van der Waals surface area contributed by atoms with Crippen LogP contribution in [0.4, 0.5) is 9.18 Å². The van der Waals surface area contributed by atoms with E-state index in [0.29, 0.717) is 22.4 Å². The molecule has 0 fully saturated rings. The Morgan fingerprint density at radius 1 is 1.23 bits per heavy atom. The van der Waals surface area contributed by atoms with Crippen LogP contribution in [0.3, 0.4) is 0 Å². The fraction of sp³-hybridized carbons (Fsp3) is 0.167. The van der Waals surface area contributed by atoms with Crippen LogP contribution in [-0.4, -0.2) is 28.1 Å². The van der Waals surface area contributed by atoms with E-state index in [1.807, 2.05) is 0 Å². The van der Waals surface area contributed by atoms with Crippen molar-refractivity contribution in [3.63, 3.8) is 0 Å². The number of nitrogens with zero attached hydrogens (tertiary/aromatic N) is 2. The number of aromatic amines is 1. The Bertz CT molecular complexity index is 964. The number of rotatable bonds is 4. The third kappa shape index (κ3) is 3.97. The fourth-order valence-corrected chi connectivity index (χ4v) is 2.27. The molecule has 134 valence electrons. The number of ether oxygens (including phenoxy) is 1. The summed E-state index contributed by atoms with van der Waals surface area (Å²) in [5.41, 5.74) is 8.56. The lowest BCUT2D eigenvalue weighted by Gasteiger charge is -2.05. The van der Waals surface area contributed by atoms with Crippen molar-refractivity contribution >= 4 is 23.0 Å². The van der Waals surface area contributed by atoms with Gasteiger partial charge >= 0.3 is 6.16 Å². The molecule has 0 aliphatic rings. The van der Waals surface area contributed by atoms with E-state index in [9.17, 15) is 9.18 Å². The van der Waals surface area contributed by atoms with Crippen LogP contribution in [0.1, 0.15) is 19.4 Å². The van der Waals surface area contributed by atoms with Gasteiger partial charge in [-0.1, -0.05) is 5.16 Å². The second-order valence-electron chi connectivity index (χ2n) is 5.81. The van der Waals surface area contributed by atoms with Gasteiger partial charge in [-0.25, -0.2) is 14.2 Å². The summed E-state index contributed by atoms with van der Waals surface area (Å²) < 4.78 is 17.8. The average Bonchev–Trinajstić information content (AvgIpc) is 3.02. The van der Waals surface area contributed by atoms with Gasteiger partial charge in [0, 0.05) is 11.1 Å². The smallest absolute Gasteiger partial charge is 0.430 e. The molecule has 1 aromatic heterocycles. The van der Waals surface area contributed by atoms with Crippen molar-refractivity contribution in [1.29, 1.82) is 0 Å². The Morgan fingerprint density at radius 3 is 2.65 bits per heavy atom. The van der Waals surface area contributed by atoms with Gasteiger partial charge in [-0.3, -0.25) is 4.84 Å². The molecule has 0 radical (unpaired) electrons. The summed E-state index contributed by atoms with van der Waals surface area (Å²) in [5.74, 6) is 0.307. The molecule has 0 amide bonds. The molecule has 0 atom stereocenters. The van der Waals surface area contributed by atoms with Crippen LogP contribution in [0.25, 0.3) is 22.4 Å². The summed E-state index contributed by atoms with van der Waals surface area (Å²) in [6, 6.07) is 11.2. The summed E-state index contributed by atoms with van der Waals surface area (Å²) >= 11 is 0. The zero-order chi connectivity index (χ0) is 18.7. The molecular weight excluding hydrogens is 339 g/mol. The zero-order valence-corrected chi connectivity index (χ0v) is 14.2. The Morgan fingerprint density at radius 2 is 1.96 bits per heavy atom. The highest BCUT2D eigenvalue weighted by Crippen LogP contribution is 2.21. The second-order valence-corrected chi connectivity index (χ2v) is 5.81. The number of halogens is 1. The standard InChI is InChI=1S/C18H17FN4O3/c1-10(2)25-18(24)26-23-16(20)12-5-8-14-15(9-12)22-17(21-14)11-3-6-13(19)7-4-11/h3-10H,1-2H3,(H2,20,23)(H,21,22). The first-order chi connectivity index (χ1) is 12.4. The van der Waals surface area contributed by atoms with Gasteiger partial charge in [0.15, 0.2) is 5.84 Å². The number of fused-ring (bicyclic) bond motifs is 1. The third-order valence-electron chi connectivity index (χ3n) is 3.45. The zero-order valence-electron chi connectivity index (χ0n) is 14.2. The number of benzene rings is 2. The molecule has 1 heterocycles. The largest absolute Gasteiger partial charge is 0.535 e. The number of hydrogen-bond donors (Lipinski definition) is 2. The van der Waals surface area contributed by atoms with E-state index in [1.165, 1.54) is 12.1 Å². The van der Waals surface area contributed by atoms with Gasteiger partial charge in [0.05, 0.1) is 17.1 Å². The SMILES string of the molecule is CC(C)OC(=O)ON=C(N)c1ccc2nc(-c3ccc(F)cc3)[nH]c2c1. The second kappa shape index (κ2) is 7.22. The maximum Gasteiger partial charge on any atom is 0.535 e. The molecule has 3 rings (SSSR count). The molecule has 3 aromatic rings. The van der Waals surface area contributed by atoms with Crippen LogP contribution in [0.2, 0.25) is 0 Å². The highest BCUT2D eigenvalue weighted by molar-refractivity contribution is 6.00. The first-order valence-electron chi connectivity index (χ1n) is 7.89. The molecule has 0 unspecified atom stereocenters. The van der Waals surface area contributed by atoms with Crippen molar-refractivity contribution in [3.05, 3.63) is 53.8 Å². The van der Waals surface area contributed by atoms with Gasteiger partial charge in [-0.05, 0) is 56.3 Å². The van der Waals surface area contributed by atoms with E-state index in [1.54, 1.807) is 44.2 Å². The summed E-state index contributed by atoms with van der Waals surface area (Å²) in [6.07, 6.45) is -1.24. The molecule has 8 heteroatoms. The van der Waals surface area contributed by atoms with Crippen LogP contribution >= 0.6 is 0 Å². The topological polar surface area (TPSA) is 103 Å². The number of carbonyl (C=O) groups excluding carboxylic acids is 1. The van der Waals surface area contributed by atoms with E-state index in [0.717, 1.165) is 5.56 Å². The Labute approximate surface area is 148 Å². The Hall–Kier alpha value is -3.42. The molecule has 26 heavy (non-hydrogen) atoms. The first-order valence-corrected chi connectivity index (χ1v) is 7.89. The summed E-state index contributed by atoms with van der Waals surface area (Å²) in [5, 5.41) is 3.57. The van der Waals surface area contributed by atoms with Gasteiger partial charge in [-0.15, -0.1) is 0 Å². The number of nitrogens with two attached hydrogens (primary N) is 1. The number of imidazole rings is 1. The van der Waals surface area contributed by atoms with Crippen LogP contribution in [-0.2, 0) is 9.57 Å². The number of nitrogens with one attached hydrogen (secondary N) is 1. The maximum absolute atomic E-state index is 13.0. The first kappa shape index (κ1) is 17.4. The monoisotopic (exact) mass is 356 g/mol. The van der Waals surface area contributed by atoms with Crippen molar-refractivity contribution < 1.29 is 18.8 Å². The van der Waals surface area contributed by atoms with E-state index < -0.39 is 6.16 Å². The van der Waals surface area contributed by atoms with Crippen molar-refractivity contribution in [3.8, 4) is 11.4 Å². The number of H-pyrrole nitrogens is 1. The molecule has 0 bridgehead atoms. The highest BCUT2D eigenvalue weighted by Gasteiger charge is 2.10. The van der Waals surface area contributed by atoms with Gasteiger partial charge in [0.25, 0.3) is 0 Å². The van der Waals surface area contributed by atoms with E-state index in [-0.39, 0.29) is 17.8 Å². The Kier molecular flexibility index (Phi) is 4.83. The molecule has 3 N–H and O–H groups in total. The minimum Gasteiger partial charge on any atom is -0.430 e. The summed E-state index contributed by atoms with van der Waals surface area (Å²) in [7, 11) is 0. The summed E-state index contributed by atoms with van der Waals surface area (Å²) in [4.78, 5) is 23.5. The van der Waals surface area contributed by atoms with E-state index >= 15 is 0 Å². The molecule has 0 saturated heterocycles. The van der Waals surface area contributed by atoms with Crippen molar-refractivity contribution in [2.45, 2.75) is 20.0 Å². The van der Waals surface area contributed by atoms with Gasteiger partial charge < -0.3 is 15.5 Å². The molecule has 0 aliphatic heterocycles. The van der Waals surface area contributed by atoms with Gasteiger partial charge in [-0.2, -0.15) is 0 Å². The molecule has 0 saturated carbocycles. The Balaban J connectivity index is 1.82.